The summed E-state index contributed by atoms with van der Waals surface area (Å²) in [5.74, 6) is 0.445. The lowest BCUT2D eigenvalue weighted by Crippen LogP contribution is -3.06. The van der Waals surface area contributed by atoms with Gasteiger partial charge in [0.1, 0.15) is 0 Å². The van der Waals surface area contributed by atoms with Gasteiger partial charge >= 0.3 is 0 Å². The fourth-order valence-corrected chi connectivity index (χ4v) is 4.83. The molecular weight excluding hydrogens is 438 g/mol. The number of allylic oxidation sites excluding steroid dienone is 1. The standard InChI is InChI=1S/C31H53NO.ClH/c1-28(2)31(33)30(27-32(3)4)26-22-17-15-13-11-9-7-5-6-8-10-12-14-16-19-23-29-24-20-18-21-25-29;/h18,20-21,24-25,30H,1,5-17,19,22-23,26-27H2,2-4H3;1H. The number of aryl methyl sites for hydroxylation is 1. The molecule has 1 rings (SSSR count). The molecule has 1 aromatic carbocycles. The van der Waals surface area contributed by atoms with Gasteiger partial charge in [0.05, 0.1) is 26.6 Å². The van der Waals surface area contributed by atoms with Crippen LogP contribution in [0.1, 0.15) is 115 Å². The summed E-state index contributed by atoms with van der Waals surface area (Å²) in [6, 6.07) is 10.9. The highest BCUT2D eigenvalue weighted by Gasteiger charge is 2.21. The molecule has 0 bridgehead atoms. The zero-order valence-corrected chi connectivity index (χ0v) is 23.4. The van der Waals surface area contributed by atoms with Crippen LogP contribution in [0, 0.1) is 5.92 Å². The summed E-state index contributed by atoms with van der Waals surface area (Å²) in [6.07, 6.45) is 22.9. The fourth-order valence-electron chi connectivity index (χ4n) is 4.83. The molecule has 0 saturated heterocycles. The third-order valence-corrected chi connectivity index (χ3v) is 6.81. The van der Waals surface area contributed by atoms with Crippen molar-refractivity contribution in [3.8, 4) is 0 Å². The maximum Gasteiger partial charge on any atom is 0.166 e. The van der Waals surface area contributed by atoms with Gasteiger partial charge in [-0.15, -0.1) is 0 Å². The Kier molecular flexibility index (Phi) is 21.6. The van der Waals surface area contributed by atoms with Crippen molar-refractivity contribution in [2.45, 2.75) is 116 Å². The zero-order chi connectivity index (χ0) is 24.2. The molecule has 0 aliphatic rings. The third kappa shape index (κ3) is 18.2. The highest BCUT2D eigenvalue weighted by atomic mass is 35.5. The first-order valence-electron chi connectivity index (χ1n) is 14.0. The Morgan fingerprint density at radius 3 is 1.56 bits per heavy atom. The van der Waals surface area contributed by atoms with Crippen LogP contribution < -0.4 is 17.3 Å². The van der Waals surface area contributed by atoms with Crippen LogP contribution in [0.2, 0.25) is 0 Å². The summed E-state index contributed by atoms with van der Waals surface area (Å²) in [6.45, 7) is 6.64. The minimum atomic E-state index is 0. The Morgan fingerprint density at radius 1 is 0.735 bits per heavy atom. The Hall–Kier alpha value is -1.12. The number of Topliss-reactive ketones (excluding diaryl/α,β-unsaturated/α-hetero) is 1. The van der Waals surface area contributed by atoms with E-state index in [4.69, 9.17) is 0 Å². The van der Waals surface area contributed by atoms with Crippen LogP contribution in [0.15, 0.2) is 42.5 Å². The molecule has 0 amide bonds. The van der Waals surface area contributed by atoms with Crippen LogP contribution >= 0.6 is 0 Å². The second kappa shape index (κ2) is 22.4. The van der Waals surface area contributed by atoms with Gasteiger partial charge in [0.15, 0.2) is 5.78 Å². The Bertz CT molecular complexity index is 613. The minimum Gasteiger partial charge on any atom is -1.00 e. The molecule has 0 heterocycles. The van der Waals surface area contributed by atoms with Crippen molar-refractivity contribution in [1.82, 2.24) is 0 Å². The Labute approximate surface area is 218 Å². The van der Waals surface area contributed by atoms with Gasteiger partial charge in [-0.05, 0) is 37.3 Å². The van der Waals surface area contributed by atoms with Crippen LogP contribution in [-0.2, 0) is 11.2 Å². The molecule has 34 heavy (non-hydrogen) atoms. The van der Waals surface area contributed by atoms with Crippen LogP contribution in [-0.4, -0.2) is 26.4 Å². The van der Waals surface area contributed by atoms with Crippen LogP contribution in [0.4, 0.5) is 0 Å². The van der Waals surface area contributed by atoms with Gasteiger partial charge in [-0.2, -0.15) is 0 Å². The number of hydrogen-bond donors (Lipinski definition) is 1. The fraction of sp³-hybridized carbons (Fsp3) is 0.710. The molecule has 0 aromatic heterocycles. The van der Waals surface area contributed by atoms with Crippen LogP contribution in [0.3, 0.4) is 0 Å². The number of quaternary nitrogens is 1. The van der Waals surface area contributed by atoms with Crippen molar-refractivity contribution in [2.24, 2.45) is 5.92 Å². The molecule has 0 aliphatic heterocycles. The van der Waals surface area contributed by atoms with Gasteiger partial charge < -0.3 is 17.3 Å². The predicted octanol–water partition coefficient (Wildman–Crippen LogP) is 4.38. The number of hydrogen-bond acceptors (Lipinski definition) is 1. The number of carbonyl (C=O) groups is 1. The van der Waals surface area contributed by atoms with E-state index in [2.05, 4.69) is 51.0 Å². The quantitative estimate of drug-likeness (QED) is 0.188. The van der Waals surface area contributed by atoms with E-state index in [-0.39, 0.29) is 24.1 Å². The molecule has 1 atom stereocenters. The van der Waals surface area contributed by atoms with E-state index < -0.39 is 0 Å². The molecule has 0 fully saturated rings. The molecule has 1 unspecified atom stereocenters. The largest absolute Gasteiger partial charge is 1.00 e. The predicted molar refractivity (Wildman–Crippen MR) is 145 cm³/mol. The Morgan fingerprint density at radius 2 is 1.15 bits per heavy atom. The van der Waals surface area contributed by atoms with E-state index in [1.807, 2.05) is 6.92 Å². The first-order chi connectivity index (χ1) is 16.0. The maximum absolute atomic E-state index is 12.3. The van der Waals surface area contributed by atoms with E-state index >= 15 is 0 Å². The van der Waals surface area contributed by atoms with Crippen molar-refractivity contribution in [2.75, 3.05) is 20.6 Å². The number of ketones is 1. The normalized spacial score (nSPS) is 11.9. The van der Waals surface area contributed by atoms with Gasteiger partial charge in [-0.25, -0.2) is 0 Å². The van der Waals surface area contributed by atoms with Gasteiger partial charge in [-0.3, -0.25) is 4.79 Å². The number of halogens is 1. The summed E-state index contributed by atoms with van der Waals surface area (Å²) in [4.78, 5) is 13.7. The van der Waals surface area contributed by atoms with E-state index in [0.717, 1.165) is 18.5 Å². The average molecular weight is 492 g/mol. The molecule has 3 heteroatoms. The average Bonchev–Trinajstić information content (AvgIpc) is 2.80. The topological polar surface area (TPSA) is 21.5 Å². The van der Waals surface area contributed by atoms with Crippen molar-refractivity contribution in [3.63, 3.8) is 0 Å². The monoisotopic (exact) mass is 491 g/mol. The lowest BCUT2D eigenvalue weighted by molar-refractivity contribution is -0.860. The van der Waals surface area contributed by atoms with Crippen LogP contribution in [0.25, 0.3) is 0 Å². The van der Waals surface area contributed by atoms with E-state index in [1.165, 1.54) is 113 Å². The minimum absolute atomic E-state index is 0. The first-order valence-corrected chi connectivity index (χ1v) is 14.0. The number of rotatable bonds is 22. The second-order valence-corrected chi connectivity index (χ2v) is 10.6. The summed E-state index contributed by atoms with van der Waals surface area (Å²) < 4.78 is 0. The van der Waals surface area contributed by atoms with Gasteiger partial charge in [-0.1, -0.05) is 127 Å². The molecule has 1 aromatic rings. The van der Waals surface area contributed by atoms with E-state index in [1.54, 1.807) is 0 Å². The molecule has 1 N–H and O–H groups in total. The van der Waals surface area contributed by atoms with Crippen molar-refractivity contribution in [3.05, 3.63) is 48.0 Å². The SMILES string of the molecule is C=C(C)C(=O)C(CCCCCCCCCCCCCCCCCc1ccccc1)C[NH+](C)C.[Cl-]. The molecular formula is C31H54ClNO. The summed E-state index contributed by atoms with van der Waals surface area (Å²) in [5.41, 5.74) is 2.21. The first kappa shape index (κ1) is 32.9. The van der Waals surface area contributed by atoms with Gasteiger partial charge in [0, 0.05) is 0 Å². The van der Waals surface area contributed by atoms with E-state index in [0.29, 0.717) is 0 Å². The lowest BCUT2D eigenvalue weighted by atomic mass is 9.92. The highest BCUT2D eigenvalue weighted by Crippen LogP contribution is 2.17. The van der Waals surface area contributed by atoms with Crippen molar-refractivity contribution < 1.29 is 22.1 Å². The van der Waals surface area contributed by atoms with E-state index in [9.17, 15) is 4.79 Å². The molecule has 0 spiro atoms. The number of nitrogens with one attached hydrogen (secondary N) is 1. The van der Waals surface area contributed by atoms with Gasteiger partial charge in [0.2, 0.25) is 0 Å². The molecule has 0 aliphatic carbocycles. The summed E-state index contributed by atoms with van der Waals surface area (Å²) in [7, 11) is 4.26. The summed E-state index contributed by atoms with van der Waals surface area (Å²) in [5, 5.41) is 0. The number of unbranched alkanes of at least 4 members (excludes halogenated alkanes) is 14. The lowest BCUT2D eigenvalue weighted by Gasteiger charge is -2.17. The smallest absolute Gasteiger partial charge is 0.166 e. The number of carbonyl (C=O) groups excluding carboxylic acids is 1. The third-order valence-electron chi connectivity index (χ3n) is 6.81. The zero-order valence-electron chi connectivity index (χ0n) is 22.7. The second-order valence-electron chi connectivity index (χ2n) is 10.6. The summed E-state index contributed by atoms with van der Waals surface area (Å²) >= 11 is 0. The van der Waals surface area contributed by atoms with Crippen molar-refractivity contribution in [1.29, 1.82) is 0 Å². The van der Waals surface area contributed by atoms with Gasteiger partial charge in [0.25, 0.3) is 0 Å². The molecule has 196 valence electrons. The molecule has 2 nitrogen and oxygen atoms in total. The molecule has 0 saturated carbocycles. The van der Waals surface area contributed by atoms with Crippen molar-refractivity contribution >= 4 is 5.78 Å². The number of benzene rings is 1. The molecule has 0 radical (unpaired) electrons. The Balaban J connectivity index is 0.0000109. The van der Waals surface area contributed by atoms with Crippen LogP contribution in [0.5, 0.6) is 0 Å². The maximum atomic E-state index is 12.3. The highest BCUT2D eigenvalue weighted by molar-refractivity contribution is 5.96.